The van der Waals surface area contributed by atoms with Gasteiger partial charge in [0.15, 0.2) is 0 Å². The van der Waals surface area contributed by atoms with Gasteiger partial charge in [-0.05, 0) is 30.9 Å². The van der Waals surface area contributed by atoms with Crippen LogP contribution in [0.5, 0.6) is 0 Å². The third-order valence-electron chi connectivity index (χ3n) is 4.86. The zero-order valence-corrected chi connectivity index (χ0v) is 11.9. The Balaban J connectivity index is 1.90. The fraction of sp³-hybridized carbons (Fsp3) is 0.625. The summed E-state index contributed by atoms with van der Waals surface area (Å²) in [4.78, 5) is 4.93. The first-order chi connectivity index (χ1) is 9.31. The molecule has 1 aromatic carbocycles. The van der Waals surface area contributed by atoms with Crippen LogP contribution < -0.4 is 15.5 Å². The van der Waals surface area contributed by atoms with Gasteiger partial charge >= 0.3 is 0 Å². The molecule has 1 saturated carbocycles. The Morgan fingerprint density at radius 3 is 2.53 bits per heavy atom. The Morgan fingerprint density at radius 2 is 1.84 bits per heavy atom. The summed E-state index contributed by atoms with van der Waals surface area (Å²) in [5, 5.41) is 0. The molecule has 2 N–H and O–H groups in total. The molecule has 1 heterocycles. The number of nitrogens with two attached hydrogens (primary N) is 1. The van der Waals surface area contributed by atoms with Crippen molar-refractivity contribution in [3.05, 3.63) is 24.3 Å². The largest absolute Gasteiger partial charge is 0.371 e. The van der Waals surface area contributed by atoms with Crippen molar-refractivity contribution in [1.82, 2.24) is 0 Å². The highest BCUT2D eigenvalue weighted by Gasteiger charge is 2.32. The first-order valence-corrected chi connectivity index (χ1v) is 7.58. The fourth-order valence-electron chi connectivity index (χ4n) is 3.79. The molecule has 0 amide bonds. The number of anilines is 2. The number of hydrogen-bond acceptors (Lipinski definition) is 3. The second-order valence-electron chi connectivity index (χ2n) is 5.95. The SMILES string of the molecule is CN1CCN(C(CN)C2CCCC2)c2ccccc21. The maximum Gasteiger partial charge on any atom is 0.0607 e. The van der Waals surface area contributed by atoms with Crippen molar-refractivity contribution in [3.63, 3.8) is 0 Å². The van der Waals surface area contributed by atoms with Crippen molar-refractivity contribution in [2.75, 3.05) is 36.5 Å². The molecule has 0 bridgehead atoms. The standard InChI is InChI=1S/C16H25N3/c1-18-10-11-19(15-9-5-4-8-14(15)18)16(12-17)13-6-2-3-7-13/h4-5,8-9,13,16H,2-3,6-7,10-12,17H2,1H3. The van der Waals surface area contributed by atoms with Gasteiger partial charge in [-0.2, -0.15) is 0 Å². The molecule has 1 atom stereocenters. The van der Waals surface area contributed by atoms with Gasteiger partial charge in [-0.15, -0.1) is 0 Å². The van der Waals surface area contributed by atoms with Crippen LogP contribution in [0.3, 0.4) is 0 Å². The fourth-order valence-corrected chi connectivity index (χ4v) is 3.79. The molecule has 1 fully saturated rings. The van der Waals surface area contributed by atoms with E-state index in [-0.39, 0.29) is 0 Å². The van der Waals surface area contributed by atoms with Crippen LogP contribution in [0.25, 0.3) is 0 Å². The van der Waals surface area contributed by atoms with Gasteiger partial charge in [-0.25, -0.2) is 0 Å². The molecule has 0 spiro atoms. The van der Waals surface area contributed by atoms with Gasteiger partial charge in [0.1, 0.15) is 0 Å². The van der Waals surface area contributed by atoms with Crippen LogP contribution >= 0.6 is 0 Å². The van der Waals surface area contributed by atoms with E-state index in [9.17, 15) is 0 Å². The van der Waals surface area contributed by atoms with E-state index in [1.165, 1.54) is 37.1 Å². The third-order valence-corrected chi connectivity index (χ3v) is 4.86. The zero-order valence-electron chi connectivity index (χ0n) is 11.9. The number of nitrogens with zero attached hydrogens (tertiary/aromatic N) is 2. The Hall–Kier alpha value is -1.22. The van der Waals surface area contributed by atoms with Crippen LogP contribution in [0, 0.1) is 5.92 Å². The first kappa shape index (κ1) is 12.8. The number of benzene rings is 1. The predicted octanol–water partition coefficient (Wildman–Crippen LogP) is 2.46. The topological polar surface area (TPSA) is 32.5 Å². The van der Waals surface area contributed by atoms with E-state index in [1.54, 1.807) is 0 Å². The molecule has 0 radical (unpaired) electrons. The van der Waals surface area contributed by atoms with E-state index < -0.39 is 0 Å². The molecule has 2 aliphatic rings. The van der Waals surface area contributed by atoms with E-state index in [0.29, 0.717) is 6.04 Å². The van der Waals surface area contributed by atoms with Gasteiger partial charge in [-0.3, -0.25) is 0 Å². The molecule has 3 nitrogen and oxygen atoms in total. The molecule has 1 aromatic rings. The molecule has 1 aliphatic carbocycles. The lowest BCUT2D eigenvalue weighted by Gasteiger charge is -2.43. The van der Waals surface area contributed by atoms with Gasteiger partial charge in [-0.1, -0.05) is 25.0 Å². The minimum atomic E-state index is 0.525. The van der Waals surface area contributed by atoms with Crippen molar-refractivity contribution in [3.8, 4) is 0 Å². The minimum Gasteiger partial charge on any atom is -0.371 e. The Kier molecular flexibility index (Phi) is 3.65. The molecular formula is C16H25N3. The molecule has 19 heavy (non-hydrogen) atoms. The molecular weight excluding hydrogens is 234 g/mol. The smallest absolute Gasteiger partial charge is 0.0607 e. The lowest BCUT2D eigenvalue weighted by atomic mass is 9.95. The number of fused-ring (bicyclic) bond motifs is 1. The normalized spacial score (nSPS) is 21.6. The van der Waals surface area contributed by atoms with Crippen molar-refractivity contribution in [2.45, 2.75) is 31.7 Å². The summed E-state index contributed by atoms with van der Waals surface area (Å²) in [6.07, 6.45) is 5.49. The van der Waals surface area contributed by atoms with E-state index in [0.717, 1.165) is 25.6 Å². The van der Waals surface area contributed by atoms with Crippen molar-refractivity contribution < 1.29 is 0 Å². The summed E-state index contributed by atoms with van der Waals surface area (Å²) in [6.45, 7) is 2.98. The maximum atomic E-state index is 6.12. The van der Waals surface area contributed by atoms with Crippen molar-refractivity contribution >= 4 is 11.4 Å². The lowest BCUT2D eigenvalue weighted by Crippen LogP contribution is -2.50. The van der Waals surface area contributed by atoms with Crippen LogP contribution in [0.1, 0.15) is 25.7 Å². The maximum absolute atomic E-state index is 6.12. The van der Waals surface area contributed by atoms with Gasteiger partial charge < -0.3 is 15.5 Å². The quantitative estimate of drug-likeness (QED) is 0.905. The highest BCUT2D eigenvalue weighted by molar-refractivity contribution is 5.73. The van der Waals surface area contributed by atoms with Gasteiger partial charge in [0.05, 0.1) is 11.4 Å². The Morgan fingerprint density at radius 1 is 1.16 bits per heavy atom. The summed E-state index contributed by atoms with van der Waals surface area (Å²) < 4.78 is 0. The second-order valence-corrected chi connectivity index (χ2v) is 5.95. The number of para-hydroxylation sites is 2. The second kappa shape index (κ2) is 5.41. The average Bonchev–Trinajstić information content (AvgIpc) is 2.96. The third kappa shape index (κ3) is 2.32. The van der Waals surface area contributed by atoms with Crippen LogP contribution in [-0.4, -0.2) is 32.7 Å². The molecule has 0 saturated heterocycles. The van der Waals surface area contributed by atoms with Gasteiger partial charge in [0.2, 0.25) is 0 Å². The Bertz CT molecular complexity index is 426. The van der Waals surface area contributed by atoms with Crippen LogP contribution in [0.15, 0.2) is 24.3 Å². The Labute approximate surface area is 116 Å². The van der Waals surface area contributed by atoms with Crippen LogP contribution in [-0.2, 0) is 0 Å². The molecule has 3 heteroatoms. The lowest BCUT2D eigenvalue weighted by molar-refractivity contribution is 0.406. The average molecular weight is 259 g/mol. The monoisotopic (exact) mass is 259 g/mol. The highest BCUT2D eigenvalue weighted by Crippen LogP contribution is 2.37. The predicted molar refractivity (Wildman–Crippen MR) is 81.9 cm³/mol. The van der Waals surface area contributed by atoms with Crippen LogP contribution in [0.2, 0.25) is 0 Å². The number of likely N-dealkylation sites (N-methyl/N-ethyl adjacent to an activating group) is 1. The summed E-state index contributed by atoms with van der Waals surface area (Å²) in [5.41, 5.74) is 8.85. The number of rotatable bonds is 3. The number of hydrogen-bond donors (Lipinski definition) is 1. The zero-order chi connectivity index (χ0) is 13.2. The summed E-state index contributed by atoms with van der Waals surface area (Å²) in [7, 11) is 2.18. The van der Waals surface area contributed by atoms with Crippen molar-refractivity contribution in [2.24, 2.45) is 11.7 Å². The molecule has 104 valence electrons. The summed E-state index contributed by atoms with van der Waals surface area (Å²) in [6, 6.07) is 9.28. The van der Waals surface area contributed by atoms with E-state index >= 15 is 0 Å². The summed E-state index contributed by atoms with van der Waals surface area (Å²) in [5.74, 6) is 0.793. The van der Waals surface area contributed by atoms with Crippen molar-refractivity contribution in [1.29, 1.82) is 0 Å². The minimum absolute atomic E-state index is 0.525. The van der Waals surface area contributed by atoms with E-state index in [1.807, 2.05) is 0 Å². The molecule has 0 aromatic heterocycles. The van der Waals surface area contributed by atoms with Gasteiger partial charge in [0.25, 0.3) is 0 Å². The van der Waals surface area contributed by atoms with E-state index in [2.05, 4.69) is 41.1 Å². The summed E-state index contributed by atoms with van der Waals surface area (Å²) >= 11 is 0. The molecule has 1 aliphatic heterocycles. The van der Waals surface area contributed by atoms with Crippen LogP contribution in [0.4, 0.5) is 11.4 Å². The van der Waals surface area contributed by atoms with Gasteiger partial charge in [0, 0.05) is 32.7 Å². The molecule has 3 rings (SSSR count). The first-order valence-electron chi connectivity index (χ1n) is 7.58. The van der Waals surface area contributed by atoms with E-state index in [4.69, 9.17) is 5.73 Å². The molecule has 1 unspecified atom stereocenters. The highest BCUT2D eigenvalue weighted by atomic mass is 15.3.